The third kappa shape index (κ3) is 5.59. The first-order valence-electron chi connectivity index (χ1n) is 10.1. The van der Waals surface area contributed by atoms with E-state index in [0.717, 1.165) is 0 Å². The molecule has 1 N–H and O–H groups in total. The Morgan fingerprint density at radius 2 is 1.84 bits per heavy atom. The highest BCUT2D eigenvalue weighted by Gasteiger charge is 2.33. The van der Waals surface area contributed by atoms with E-state index in [0.29, 0.717) is 35.4 Å². The zero-order chi connectivity index (χ0) is 22.4. The van der Waals surface area contributed by atoms with Crippen LogP contribution in [0.5, 0.6) is 17.2 Å². The largest absolute Gasteiger partial charge is 0.493 e. The van der Waals surface area contributed by atoms with Gasteiger partial charge in [-0.1, -0.05) is 26.0 Å². The Hall–Kier alpha value is -3.42. The third-order valence-electron chi connectivity index (χ3n) is 5.00. The lowest BCUT2D eigenvalue weighted by Gasteiger charge is -2.16. The molecule has 0 saturated carbocycles. The molecule has 1 atom stereocenters. The number of amides is 2. The third-order valence-corrected chi connectivity index (χ3v) is 5.00. The second kappa shape index (κ2) is 10.1. The van der Waals surface area contributed by atoms with Gasteiger partial charge in [-0.2, -0.15) is 0 Å². The van der Waals surface area contributed by atoms with Gasteiger partial charge in [-0.3, -0.25) is 9.69 Å². The molecule has 1 heterocycles. The second-order valence-electron chi connectivity index (χ2n) is 7.47. The van der Waals surface area contributed by atoms with Crippen LogP contribution in [0.2, 0.25) is 0 Å². The fraction of sp³-hybridized carbons (Fsp3) is 0.391. The monoisotopic (exact) mass is 428 g/mol. The van der Waals surface area contributed by atoms with Gasteiger partial charge >= 0.3 is 6.09 Å². The van der Waals surface area contributed by atoms with Crippen LogP contribution >= 0.6 is 0 Å². The Balaban J connectivity index is 1.48. The molecule has 1 aliphatic rings. The van der Waals surface area contributed by atoms with Gasteiger partial charge in [-0.15, -0.1) is 0 Å². The lowest BCUT2D eigenvalue weighted by Crippen LogP contribution is -2.37. The van der Waals surface area contributed by atoms with Crippen LogP contribution in [-0.2, 0) is 9.53 Å². The van der Waals surface area contributed by atoms with Gasteiger partial charge in [0, 0.05) is 6.07 Å². The van der Waals surface area contributed by atoms with Crippen molar-refractivity contribution in [2.45, 2.75) is 25.9 Å². The molecule has 0 radical (unpaired) electrons. The summed E-state index contributed by atoms with van der Waals surface area (Å²) < 4.78 is 21.4. The summed E-state index contributed by atoms with van der Waals surface area (Å²) in [6, 6.07) is 12.9. The Kier molecular flexibility index (Phi) is 7.23. The zero-order valence-electron chi connectivity index (χ0n) is 18.2. The number of hydrogen-bond donors (Lipinski definition) is 1. The Labute approximate surface area is 182 Å². The van der Waals surface area contributed by atoms with Crippen molar-refractivity contribution in [3.63, 3.8) is 0 Å². The normalized spacial score (nSPS) is 15.6. The van der Waals surface area contributed by atoms with E-state index < -0.39 is 12.2 Å². The summed E-state index contributed by atoms with van der Waals surface area (Å²) in [5.74, 6) is 1.87. The van der Waals surface area contributed by atoms with Crippen molar-refractivity contribution in [2.75, 3.05) is 38.8 Å². The number of rotatable bonds is 9. The maximum Gasteiger partial charge on any atom is 0.414 e. The van der Waals surface area contributed by atoms with E-state index in [1.807, 2.05) is 24.3 Å². The molecule has 8 nitrogen and oxygen atoms in total. The van der Waals surface area contributed by atoms with Crippen molar-refractivity contribution in [2.24, 2.45) is 0 Å². The first-order chi connectivity index (χ1) is 14.9. The molecule has 2 aromatic rings. The number of carbonyl (C=O) groups excluding carboxylic acids is 2. The molecule has 3 rings (SSSR count). The average molecular weight is 428 g/mol. The van der Waals surface area contributed by atoms with Crippen LogP contribution in [0.25, 0.3) is 0 Å². The van der Waals surface area contributed by atoms with Crippen LogP contribution in [0.4, 0.5) is 10.5 Å². The van der Waals surface area contributed by atoms with Crippen LogP contribution < -0.4 is 24.4 Å². The number of ether oxygens (including phenoxy) is 4. The van der Waals surface area contributed by atoms with Crippen molar-refractivity contribution in [1.82, 2.24) is 5.32 Å². The van der Waals surface area contributed by atoms with Crippen molar-refractivity contribution in [3.8, 4) is 17.2 Å². The minimum Gasteiger partial charge on any atom is -0.493 e. The summed E-state index contributed by atoms with van der Waals surface area (Å²) >= 11 is 0. The van der Waals surface area contributed by atoms with E-state index >= 15 is 0 Å². The molecule has 0 aliphatic carbocycles. The highest BCUT2D eigenvalue weighted by atomic mass is 16.6. The molecule has 8 heteroatoms. The molecule has 2 amide bonds. The fourth-order valence-electron chi connectivity index (χ4n) is 3.21. The van der Waals surface area contributed by atoms with Gasteiger partial charge < -0.3 is 24.3 Å². The summed E-state index contributed by atoms with van der Waals surface area (Å²) in [7, 11) is 3.08. The lowest BCUT2D eigenvalue weighted by atomic mass is 10.0. The summed E-state index contributed by atoms with van der Waals surface area (Å²) in [6.45, 7) is 4.63. The van der Waals surface area contributed by atoms with E-state index in [1.54, 1.807) is 25.3 Å². The maximum atomic E-state index is 12.3. The number of hydrogen-bond acceptors (Lipinski definition) is 6. The molecule has 1 saturated heterocycles. The number of nitrogens with one attached hydrogen (secondary N) is 1. The van der Waals surface area contributed by atoms with Gasteiger partial charge in [0.05, 0.1) is 33.0 Å². The highest BCUT2D eigenvalue weighted by molar-refractivity contribution is 5.90. The van der Waals surface area contributed by atoms with Crippen molar-refractivity contribution in [1.29, 1.82) is 0 Å². The van der Waals surface area contributed by atoms with Gasteiger partial charge in [-0.05, 0) is 35.7 Å². The molecule has 2 aromatic carbocycles. The quantitative estimate of drug-likeness (QED) is 0.659. The Bertz CT molecular complexity index is 913. The predicted octanol–water partition coefficient (Wildman–Crippen LogP) is 3.35. The van der Waals surface area contributed by atoms with Gasteiger partial charge in [-0.25, -0.2) is 4.79 Å². The van der Waals surface area contributed by atoms with Crippen LogP contribution in [0, 0.1) is 0 Å². The molecule has 0 aromatic heterocycles. The van der Waals surface area contributed by atoms with Crippen molar-refractivity contribution < 1.29 is 28.5 Å². The smallest absolute Gasteiger partial charge is 0.414 e. The molecule has 166 valence electrons. The number of cyclic esters (lactones) is 1. The standard InChI is InChI=1S/C23H28N2O6/c1-15(2)16-5-8-18(9-6-16)30-14-22(26)24-12-19-13-25(23(27)31-19)17-7-10-20(28-3)21(11-17)29-4/h5-11,15,19H,12-14H2,1-4H3,(H,24,26)/t19-/m1/s1. The first-order valence-corrected chi connectivity index (χ1v) is 10.1. The minimum atomic E-state index is -0.479. The molecule has 0 bridgehead atoms. The zero-order valence-corrected chi connectivity index (χ0v) is 18.2. The highest BCUT2D eigenvalue weighted by Crippen LogP contribution is 2.33. The molecule has 31 heavy (non-hydrogen) atoms. The number of methoxy groups -OCH3 is 2. The summed E-state index contributed by atoms with van der Waals surface area (Å²) in [6.07, 6.45) is -0.942. The van der Waals surface area contributed by atoms with E-state index in [4.69, 9.17) is 18.9 Å². The molecular weight excluding hydrogens is 400 g/mol. The SMILES string of the molecule is COc1ccc(N2C[C@@H](CNC(=O)COc3ccc(C(C)C)cc3)OC2=O)cc1OC. The fourth-order valence-corrected chi connectivity index (χ4v) is 3.21. The molecule has 0 unspecified atom stereocenters. The topological polar surface area (TPSA) is 86.3 Å². The van der Waals surface area contributed by atoms with Gasteiger partial charge in [0.15, 0.2) is 18.1 Å². The number of carbonyl (C=O) groups is 2. The number of nitrogens with zero attached hydrogens (tertiary/aromatic N) is 1. The first kappa shape index (κ1) is 22.3. The van der Waals surface area contributed by atoms with E-state index in [-0.39, 0.29) is 19.1 Å². The lowest BCUT2D eigenvalue weighted by molar-refractivity contribution is -0.123. The maximum absolute atomic E-state index is 12.3. The Morgan fingerprint density at radius 3 is 2.48 bits per heavy atom. The predicted molar refractivity (Wildman–Crippen MR) is 116 cm³/mol. The van der Waals surface area contributed by atoms with E-state index in [1.165, 1.54) is 17.6 Å². The Morgan fingerprint density at radius 1 is 1.13 bits per heavy atom. The second-order valence-corrected chi connectivity index (χ2v) is 7.47. The number of anilines is 1. The summed E-state index contributed by atoms with van der Waals surface area (Å²) in [4.78, 5) is 25.9. The van der Waals surface area contributed by atoms with Gasteiger partial charge in [0.2, 0.25) is 0 Å². The van der Waals surface area contributed by atoms with Crippen molar-refractivity contribution in [3.05, 3.63) is 48.0 Å². The van der Waals surface area contributed by atoms with E-state index in [9.17, 15) is 9.59 Å². The molecule has 1 fully saturated rings. The van der Waals surface area contributed by atoms with Gasteiger partial charge in [0.1, 0.15) is 11.9 Å². The van der Waals surface area contributed by atoms with Crippen LogP contribution in [0.15, 0.2) is 42.5 Å². The van der Waals surface area contributed by atoms with E-state index in [2.05, 4.69) is 19.2 Å². The van der Waals surface area contributed by atoms with Crippen LogP contribution in [0.3, 0.4) is 0 Å². The minimum absolute atomic E-state index is 0.110. The molecular formula is C23H28N2O6. The van der Waals surface area contributed by atoms with Gasteiger partial charge in [0.25, 0.3) is 5.91 Å². The van der Waals surface area contributed by atoms with Crippen LogP contribution in [-0.4, -0.2) is 52.0 Å². The molecule has 0 spiro atoms. The molecule has 1 aliphatic heterocycles. The van der Waals surface area contributed by atoms with Crippen molar-refractivity contribution >= 4 is 17.7 Å². The summed E-state index contributed by atoms with van der Waals surface area (Å²) in [5, 5.41) is 2.75. The number of benzene rings is 2. The van der Waals surface area contributed by atoms with Crippen LogP contribution in [0.1, 0.15) is 25.3 Å². The summed E-state index contributed by atoms with van der Waals surface area (Å²) in [5.41, 5.74) is 1.84. The average Bonchev–Trinajstić information content (AvgIpc) is 3.16.